The molecule has 7 heterocycles. The molecule has 0 bridgehead atoms. The van der Waals surface area contributed by atoms with Gasteiger partial charge in [-0.1, -0.05) is 101 Å². The van der Waals surface area contributed by atoms with Gasteiger partial charge in [0.2, 0.25) is 5.76 Å². The number of rotatable bonds is 18. The summed E-state index contributed by atoms with van der Waals surface area (Å²) in [5, 5.41) is 12.2. The van der Waals surface area contributed by atoms with Crippen LogP contribution in [0.15, 0.2) is 90.7 Å². The van der Waals surface area contributed by atoms with Crippen LogP contribution in [0.5, 0.6) is 23.0 Å². The highest BCUT2D eigenvalue weighted by atomic mass is 32.1. The van der Waals surface area contributed by atoms with Gasteiger partial charge in [-0.15, -0.1) is 45.3 Å². The predicted molar refractivity (Wildman–Crippen MR) is 272 cm³/mol. The summed E-state index contributed by atoms with van der Waals surface area (Å²) < 4.78 is 32.6. The molecule has 0 atom stereocenters. The number of fused-ring (bicyclic) bond motifs is 5. The maximum atomic E-state index is 11.1. The van der Waals surface area contributed by atoms with Crippen LogP contribution in [-0.2, 0) is 22.4 Å². The Hall–Kier alpha value is -5.84. The number of ether oxygens (including phenoxy) is 5. The van der Waals surface area contributed by atoms with E-state index in [1.165, 1.54) is 109 Å². The summed E-state index contributed by atoms with van der Waals surface area (Å²) in [6.45, 7) is 6.43. The summed E-state index contributed by atoms with van der Waals surface area (Å²) in [6.07, 6.45) is 13.2. The van der Waals surface area contributed by atoms with Gasteiger partial charge in [0.25, 0.3) is 6.47 Å². The average molecular weight is 951 g/mol. The molecule has 5 aromatic heterocycles. The lowest BCUT2D eigenvalue weighted by atomic mass is 10.0. The first-order valence-electron chi connectivity index (χ1n) is 23.0. The fourth-order valence-corrected chi connectivity index (χ4v) is 14.2. The largest absolute Gasteiger partial charge is 0.485 e. The Labute approximate surface area is 401 Å². The molecule has 12 heteroatoms. The third-order valence-corrected chi connectivity index (χ3v) is 17.4. The van der Waals surface area contributed by atoms with Crippen LogP contribution < -0.4 is 18.9 Å². The third-order valence-electron chi connectivity index (χ3n) is 12.2. The molecule has 2 aliphatic rings. The SMILES string of the molecule is CCCCCCc1cc(-c2sc(-c3sc(-c4sc(C=C(C#N)OC=O)c5c4OCCO5)c4c3OCCO4)cc2CCCCCC)sc1-c1ccc(-n2c3ccccc3c3ccccc32)cc1. The van der Waals surface area contributed by atoms with Gasteiger partial charge >= 0.3 is 0 Å². The average Bonchev–Trinajstić information content (AvgIpc) is 4.20. The van der Waals surface area contributed by atoms with Crippen molar-refractivity contribution >= 4 is 79.7 Å². The van der Waals surface area contributed by atoms with E-state index in [1.54, 1.807) is 11.3 Å². The normalized spacial score (nSPS) is 13.4. The van der Waals surface area contributed by atoms with E-state index in [9.17, 15) is 10.1 Å². The van der Waals surface area contributed by atoms with Gasteiger partial charge in [0.15, 0.2) is 23.0 Å². The van der Waals surface area contributed by atoms with Crippen LogP contribution in [0.1, 0.15) is 81.2 Å². The zero-order valence-corrected chi connectivity index (χ0v) is 40.4. The van der Waals surface area contributed by atoms with Gasteiger partial charge in [-0.2, -0.15) is 5.26 Å². The molecule has 3 aromatic carbocycles. The summed E-state index contributed by atoms with van der Waals surface area (Å²) in [7, 11) is 0. The van der Waals surface area contributed by atoms with E-state index in [0.717, 1.165) is 56.6 Å². The first kappa shape index (κ1) is 44.0. The fraction of sp³-hybridized carbons (Fsp3) is 0.296. The van der Waals surface area contributed by atoms with E-state index < -0.39 is 0 Å². The number of benzene rings is 3. The molecule has 0 saturated carbocycles. The summed E-state index contributed by atoms with van der Waals surface area (Å²) in [6, 6.07) is 33.4. The van der Waals surface area contributed by atoms with Crippen molar-refractivity contribution in [3.63, 3.8) is 0 Å². The van der Waals surface area contributed by atoms with Gasteiger partial charge in [-0.3, -0.25) is 4.79 Å². The van der Waals surface area contributed by atoms with E-state index in [1.807, 2.05) is 28.7 Å². The molecular formula is C54H50N2O6S4. The molecule has 0 fully saturated rings. The van der Waals surface area contributed by atoms with Crippen molar-refractivity contribution in [3.05, 3.63) is 107 Å². The standard InChI is InChI=1S/C54H50N2O6S4/c1-3-5-7-9-15-35-29-44(64-50(35)34-21-23-37(24-22-34)56-41-19-13-11-17-39(41)40-18-12-14-20-42(40)56)51-36(16-10-8-6-4-2)30-45(65-51)52-48-49(61-28-27-60-48)54(66-52)53-47-46(58-25-26-59-47)43(63-53)31-38(32-55)62-33-57/h11-14,17-24,29-31,33H,3-10,15-16,25-28H2,1-2H3. The van der Waals surface area contributed by atoms with Crippen molar-refractivity contribution < 1.29 is 28.5 Å². The summed E-state index contributed by atoms with van der Waals surface area (Å²) in [4.78, 5) is 19.7. The van der Waals surface area contributed by atoms with Gasteiger partial charge in [0, 0.05) is 42.0 Å². The summed E-state index contributed by atoms with van der Waals surface area (Å²) >= 11 is 6.83. The van der Waals surface area contributed by atoms with Crippen molar-refractivity contribution in [2.75, 3.05) is 26.4 Å². The van der Waals surface area contributed by atoms with Gasteiger partial charge in [-0.25, -0.2) is 0 Å². The highest BCUT2D eigenvalue weighted by Gasteiger charge is 2.34. The first-order valence-corrected chi connectivity index (χ1v) is 26.3. The lowest BCUT2D eigenvalue weighted by Crippen LogP contribution is -2.15. The Morgan fingerprint density at radius 2 is 1.15 bits per heavy atom. The molecule has 8 aromatic rings. The Morgan fingerprint density at radius 3 is 1.76 bits per heavy atom. The minimum Gasteiger partial charge on any atom is -0.485 e. The molecule has 8 nitrogen and oxygen atoms in total. The molecule has 0 amide bonds. The van der Waals surface area contributed by atoms with Crippen molar-refractivity contribution in [3.8, 4) is 74.5 Å². The number of thiophene rings is 4. The third kappa shape index (κ3) is 8.54. The quantitative estimate of drug-likeness (QED) is 0.0366. The van der Waals surface area contributed by atoms with E-state index in [2.05, 4.69) is 103 Å². The topological polar surface area (TPSA) is 91.9 Å². The van der Waals surface area contributed by atoms with E-state index >= 15 is 0 Å². The number of hydrogen-bond donors (Lipinski definition) is 0. The monoisotopic (exact) mass is 950 g/mol. The minimum atomic E-state index is -0.127. The Bertz CT molecular complexity index is 3050. The Kier molecular flexibility index (Phi) is 13.3. The summed E-state index contributed by atoms with van der Waals surface area (Å²) in [5.41, 5.74) is 7.63. The number of nitriles is 1. The second-order valence-electron chi connectivity index (χ2n) is 16.6. The van der Waals surface area contributed by atoms with Crippen LogP contribution in [-0.4, -0.2) is 37.5 Å². The molecule has 0 spiro atoms. The van der Waals surface area contributed by atoms with Crippen LogP contribution in [0.2, 0.25) is 0 Å². The van der Waals surface area contributed by atoms with E-state index in [0.29, 0.717) is 48.6 Å². The predicted octanol–water partition coefficient (Wildman–Crippen LogP) is 15.5. The first-order chi connectivity index (χ1) is 32.6. The van der Waals surface area contributed by atoms with Crippen LogP contribution in [0.4, 0.5) is 0 Å². The second-order valence-corrected chi connectivity index (χ2v) is 20.7. The highest BCUT2D eigenvalue weighted by Crippen LogP contribution is 2.61. The maximum Gasteiger partial charge on any atom is 0.299 e. The molecule has 2 aliphatic heterocycles. The van der Waals surface area contributed by atoms with Crippen molar-refractivity contribution in [1.29, 1.82) is 5.26 Å². The number of aryl methyl sites for hydroxylation is 2. The molecule has 0 aliphatic carbocycles. The number of aromatic nitrogens is 1. The number of nitrogens with zero attached hydrogens (tertiary/aromatic N) is 2. The number of carbonyl (C=O) groups excluding carboxylic acids is 1. The zero-order valence-electron chi connectivity index (χ0n) is 37.1. The van der Waals surface area contributed by atoms with Crippen molar-refractivity contribution in [2.24, 2.45) is 0 Å². The molecule has 10 rings (SSSR count). The van der Waals surface area contributed by atoms with Crippen LogP contribution >= 0.6 is 45.3 Å². The second kappa shape index (κ2) is 19.9. The van der Waals surface area contributed by atoms with Crippen LogP contribution in [0, 0.1) is 11.3 Å². The smallest absolute Gasteiger partial charge is 0.299 e. The van der Waals surface area contributed by atoms with Crippen LogP contribution in [0.25, 0.3) is 73.3 Å². The van der Waals surface area contributed by atoms with Crippen molar-refractivity contribution in [1.82, 2.24) is 4.57 Å². The molecule has 0 saturated heterocycles. The molecule has 0 N–H and O–H groups in total. The highest BCUT2D eigenvalue weighted by molar-refractivity contribution is 7.29. The van der Waals surface area contributed by atoms with Gasteiger partial charge < -0.3 is 28.3 Å². The molecule has 66 heavy (non-hydrogen) atoms. The summed E-state index contributed by atoms with van der Waals surface area (Å²) in [5.74, 6) is 2.43. The zero-order chi connectivity index (χ0) is 45.0. The van der Waals surface area contributed by atoms with Crippen molar-refractivity contribution in [2.45, 2.75) is 78.1 Å². The minimum absolute atomic E-state index is 0.127. The van der Waals surface area contributed by atoms with Gasteiger partial charge in [0.05, 0.1) is 30.5 Å². The Morgan fingerprint density at radius 1 is 0.621 bits per heavy atom. The van der Waals surface area contributed by atoms with E-state index in [-0.39, 0.29) is 12.2 Å². The number of allylic oxidation sites excluding steroid dienone is 1. The maximum absolute atomic E-state index is 11.1. The molecule has 0 radical (unpaired) electrons. The number of unbranched alkanes of at least 4 members (excludes halogenated alkanes) is 6. The Balaban J connectivity index is 1.06. The lowest BCUT2D eigenvalue weighted by molar-refractivity contribution is -0.124. The lowest BCUT2D eigenvalue weighted by Gasteiger charge is -2.18. The fourth-order valence-electron chi connectivity index (χ4n) is 9.10. The van der Waals surface area contributed by atoms with Crippen LogP contribution in [0.3, 0.4) is 0 Å². The molecule has 336 valence electrons. The molecular weight excluding hydrogens is 901 g/mol. The number of hydrogen-bond acceptors (Lipinski definition) is 11. The number of para-hydroxylation sites is 2. The van der Waals surface area contributed by atoms with E-state index in [4.69, 9.17) is 23.7 Å². The number of carbonyl (C=O) groups is 1. The molecule has 0 unspecified atom stereocenters. The van der Waals surface area contributed by atoms with Gasteiger partial charge in [-0.05, 0) is 78.8 Å². The van der Waals surface area contributed by atoms with Gasteiger partial charge in [0.1, 0.15) is 32.5 Å².